The second-order valence-corrected chi connectivity index (χ2v) is 4.97. The van der Waals surface area contributed by atoms with Crippen molar-refractivity contribution >= 4 is 11.8 Å². The molecule has 0 saturated carbocycles. The molecule has 0 bridgehead atoms. The lowest BCUT2D eigenvalue weighted by molar-refractivity contribution is 0.122. The normalized spacial score (nSPS) is 16.0. The van der Waals surface area contributed by atoms with E-state index in [1.54, 1.807) is 0 Å². The fourth-order valence-electron chi connectivity index (χ4n) is 2.21. The van der Waals surface area contributed by atoms with Gasteiger partial charge in [0.2, 0.25) is 0 Å². The van der Waals surface area contributed by atoms with Crippen molar-refractivity contribution < 1.29 is 19.4 Å². The summed E-state index contributed by atoms with van der Waals surface area (Å²) in [6.45, 7) is 6.93. The fraction of sp³-hybridized carbons (Fsp3) is 0.438. The highest BCUT2D eigenvalue weighted by Gasteiger charge is 2.13. The van der Waals surface area contributed by atoms with Gasteiger partial charge in [-0.2, -0.15) is 0 Å². The summed E-state index contributed by atoms with van der Waals surface area (Å²) in [6.07, 6.45) is 0.152. The predicted octanol–water partition coefficient (Wildman–Crippen LogP) is 1.47. The van der Waals surface area contributed by atoms with Crippen LogP contribution >= 0.6 is 0 Å². The highest BCUT2D eigenvalue weighted by molar-refractivity contribution is 5.67. The van der Waals surface area contributed by atoms with E-state index in [2.05, 4.69) is 16.8 Å². The molecule has 1 unspecified atom stereocenters. The van der Waals surface area contributed by atoms with Gasteiger partial charge in [0, 0.05) is 18.8 Å². The first-order valence-corrected chi connectivity index (χ1v) is 7.33. The molecule has 0 aliphatic carbocycles. The van der Waals surface area contributed by atoms with Crippen LogP contribution in [0.5, 0.6) is 0 Å². The zero-order valence-electron chi connectivity index (χ0n) is 12.5. The lowest BCUT2D eigenvalue weighted by Crippen LogP contribution is -2.36. The van der Waals surface area contributed by atoms with Crippen molar-refractivity contribution in [1.82, 2.24) is 5.32 Å². The number of anilines is 1. The van der Waals surface area contributed by atoms with Crippen LogP contribution in [-0.4, -0.2) is 50.7 Å². The Morgan fingerprint density at radius 2 is 2.09 bits per heavy atom. The smallest absolute Gasteiger partial charge is 0.407 e. The number of carbonyl (C=O) groups is 1. The Balaban J connectivity index is 1.83. The second-order valence-electron chi connectivity index (χ2n) is 4.97. The largest absolute Gasteiger partial charge is 0.445 e. The third-order valence-electron chi connectivity index (χ3n) is 3.43. The molecule has 1 fully saturated rings. The molecule has 6 heteroatoms. The number of aliphatic hydroxyl groups excluding tert-OH is 1. The lowest BCUT2D eigenvalue weighted by atomic mass is 10.1. The van der Waals surface area contributed by atoms with E-state index in [1.807, 2.05) is 24.3 Å². The van der Waals surface area contributed by atoms with Gasteiger partial charge in [0.15, 0.2) is 0 Å². The van der Waals surface area contributed by atoms with Crippen LogP contribution in [0.3, 0.4) is 0 Å². The maximum Gasteiger partial charge on any atom is 0.407 e. The van der Waals surface area contributed by atoms with Crippen molar-refractivity contribution in [3.63, 3.8) is 0 Å². The van der Waals surface area contributed by atoms with Gasteiger partial charge in [-0.05, 0) is 17.7 Å². The number of morpholine rings is 1. The van der Waals surface area contributed by atoms with Crippen molar-refractivity contribution in [3.05, 3.63) is 42.5 Å². The van der Waals surface area contributed by atoms with Crippen LogP contribution in [0, 0.1) is 0 Å². The summed E-state index contributed by atoms with van der Waals surface area (Å²) in [5, 5.41) is 12.6. The van der Waals surface area contributed by atoms with Gasteiger partial charge < -0.3 is 24.8 Å². The highest BCUT2D eigenvalue weighted by Crippen LogP contribution is 2.20. The average Bonchev–Trinajstić information content (AvgIpc) is 2.58. The minimum Gasteiger partial charge on any atom is -0.445 e. The molecule has 6 nitrogen and oxygen atoms in total. The maximum absolute atomic E-state index is 11.3. The number of rotatable bonds is 6. The number of amides is 1. The van der Waals surface area contributed by atoms with Crippen LogP contribution in [-0.2, 0) is 9.47 Å². The van der Waals surface area contributed by atoms with Crippen molar-refractivity contribution in [1.29, 1.82) is 0 Å². The van der Waals surface area contributed by atoms with Gasteiger partial charge in [0.1, 0.15) is 6.61 Å². The van der Waals surface area contributed by atoms with Gasteiger partial charge in [-0.1, -0.05) is 24.8 Å². The van der Waals surface area contributed by atoms with Gasteiger partial charge >= 0.3 is 6.09 Å². The zero-order chi connectivity index (χ0) is 15.8. The molecule has 2 N–H and O–H groups in total. The van der Waals surface area contributed by atoms with E-state index in [4.69, 9.17) is 9.47 Å². The Hall–Kier alpha value is -2.05. The average molecular weight is 306 g/mol. The standard InChI is InChI=1S/C16H22N2O4/c1-2-9-22-16(20)17-12-15(19)13-3-5-14(6-4-13)18-7-10-21-11-8-18/h2-6,15,19H,1,7-12H2,(H,17,20). The van der Waals surface area contributed by atoms with Gasteiger partial charge in [0.05, 0.1) is 25.9 Å². The second kappa shape index (κ2) is 8.41. The van der Waals surface area contributed by atoms with Crippen molar-refractivity contribution in [2.75, 3.05) is 44.4 Å². The minimum absolute atomic E-state index is 0.104. The van der Waals surface area contributed by atoms with Gasteiger partial charge in [-0.25, -0.2) is 4.79 Å². The van der Waals surface area contributed by atoms with Crippen LogP contribution in [0.25, 0.3) is 0 Å². The molecule has 22 heavy (non-hydrogen) atoms. The van der Waals surface area contributed by atoms with E-state index in [9.17, 15) is 9.90 Å². The molecule has 1 aliphatic heterocycles. The molecule has 1 aliphatic rings. The lowest BCUT2D eigenvalue weighted by Gasteiger charge is -2.29. The molecule has 1 saturated heterocycles. The molecule has 1 atom stereocenters. The molecule has 2 rings (SSSR count). The minimum atomic E-state index is -0.768. The molecular formula is C16H22N2O4. The number of ether oxygens (including phenoxy) is 2. The number of nitrogens with one attached hydrogen (secondary N) is 1. The molecular weight excluding hydrogens is 284 g/mol. The molecule has 1 aromatic rings. The molecule has 1 heterocycles. The fourth-order valence-corrected chi connectivity index (χ4v) is 2.21. The Bertz CT molecular complexity index is 483. The van der Waals surface area contributed by atoms with E-state index in [0.29, 0.717) is 0 Å². The Morgan fingerprint density at radius 1 is 1.41 bits per heavy atom. The van der Waals surface area contributed by atoms with Gasteiger partial charge in [0.25, 0.3) is 0 Å². The summed E-state index contributed by atoms with van der Waals surface area (Å²) in [7, 11) is 0. The van der Waals surface area contributed by atoms with E-state index in [1.165, 1.54) is 6.08 Å². The summed E-state index contributed by atoms with van der Waals surface area (Å²) in [5.74, 6) is 0. The predicted molar refractivity (Wildman–Crippen MR) is 84.0 cm³/mol. The van der Waals surface area contributed by atoms with Crippen LogP contribution in [0.15, 0.2) is 36.9 Å². The molecule has 0 aromatic heterocycles. The number of aliphatic hydroxyl groups is 1. The highest BCUT2D eigenvalue weighted by atomic mass is 16.5. The van der Waals surface area contributed by atoms with Crippen LogP contribution in [0.2, 0.25) is 0 Å². The number of nitrogens with zero attached hydrogens (tertiary/aromatic N) is 1. The van der Waals surface area contributed by atoms with E-state index < -0.39 is 12.2 Å². The van der Waals surface area contributed by atoms with Gasteiger partial charge in [-0.3, -0.25) is 0 Å². The van der Waals surface area contributed by atoms with Gasteiger partial charge in [-0.15, -0.1) is 0 Å². The Morgan fingerprint density at radius 3 is 2.73 bits per heavy atom. The summed E-state index contributed by atoms with van der Waals surface area (Å²) in [5.41, 5.74) is 1.86. The molecule has 0 radical (unpaired) electrons. The van der Waals surface area contributed by atoms with Crippen LogP contribution in [0.1, 0.15) is 11.7 Å². The molecule has 1 amide bonds. The molecule has 0 spiro atoms. The molecule has 120 valence electrons. The SMILES string of the molecule is C=CCOC(=O)NCC(O)c1ccc(N2CCOCC2)cc1. The maximum atomic E-state index is 11.3. The van der Waals surface area contributed by atoms with Crippen molar-refractivity contribution in [2.24, 2.45) is 0 Å². The van der Waals surface area contributed by atoms with E-state index in [-0.39, 0.29) is 13.2 Å². The van der Waals surface area contributed by atoms with E-state index in [0.717, 1.165) is 37.6 Å². The number of benzene rings is 1. The number of hydrogen-bond acceptors (Lipinski definition) is 5. The van der Waals surface area contributed by atoms with E-state index >= 15 is 0 Å². The number of alkyl carbamates (subject to hydrolysis) is 1. The van der Waals surface area contributed by atoms with Crippen molar-refractivity contribution in [2.45, 2.75) is 6.10 Å². The molecule has 1 aromatic carbocycles. The summed E-state index contributed by atoms with van der Waals surface area (Å²) in [4.78, 5) is 13.5. The Kier molecular flexibility index (Phi) is 6.24. The Labute approximate surface area is 130 Å². The first kappa shape index (κ1) is 16.3. The first-order chi connectivity index (χ1) is 10.7. The van der Waals surface area contributed by atoms with Crippen LogP contribution in [0.4, 0.5) is 10.5 Å². The number of hydrogen-bond donors (Lipinski definition) is 2. The third-order valence-corrected chi connectivity index (χ3v) is 3.43. The number of carbonyl (C=O) groups excluding carboxylic acids is 1. The quantitative estimate of drug-likeness (QED) is 0.779. The van der Waals surface area contributed by atoms with Crippen molar-refractivity contribution in [3.8, 4) is 0 Å². The monoisotopic (exact) mass is 306 g/mol. The summed E-state index contributed by atoms with van der Waals surface area (Å²) >= 11 is 0. The topological polar surface area (TPSA) is 71.0 Å². The summed E-state index contributed by atoms with van der Waals surface area (Å²) in [6, 6.07) is 7.68. The summed E-state index contributed by atoms with van der Waals surface area (Å²) < 4.78 is 10.1. The zero-order valence-corrected chi connectivity index (χ0v) is 12.5. The first-order valence-electron chi connectivity index (χ1n) is 7.33. The van der Waals surface area contributed by atoms with Crippen LogP contribution < -0.4 is 10.2 Å². The third kappa shape index (κ3) is 4.75.